The molecule has 1 aromatic carbocycles. The second-order valence-corrected chi connectivity index (χ2v) is 5.41. The molecule has 142 valence electrons. The van der Waals surface area contributed by atoms with Crippen LogP contribution in [0.3, 0.4) is 0 Å². The maximum Gasteiger partial charge on any atom is 0.191 e. The SMILES string of the molecule is CN=C(NCCOc1ccc(F)cc1F)NCCc1ccc(C)nc1.I. The van der Waals surface area contributed by atoms with E-state index in [1.165, 1.54) is 6.07 Å². The summed E-state index contributed by atoms with van der Waals surface area (Å²) < 4.78 is 31.5. The lowest BCUT2D eigenvalue weighted by molar-refractivity contribution is 0.304. The highest BCUT2D eigenvalue weighted by molar-refractivity contribution is 14.0. The first-order chi connectivity index (χ1) is 12.1. The standard InChI is InChI=1S/C18H22F2N4O.HI/c1-13-3-4-14(12-24-13)7-8-22-18(21-2)23-9-10-25-17-6-5-15(19)11-16(17)20;/h3-6,11-12H,7-10H2,1-2H3,(H2,21,22,23);1H. The van der Waals surface area contributed by atoms with Crippen LogP contribution >= 0.6 is 24.0 Å². The Morgan fingerprint density at radius 2 is 1.92 bits per heavy atom. The smallest absolute Gasteiger partial charge is 0.191 e. The topological polar surface area (TPSA) is 58.5 Å². The zero-order chi connectivity index (χ0) is 18.1. The van der Waals surface area contributed by atoms with Crippen molar-refractivity contribution in [1.29, 1.82) is 0 Å². The molecule has 8 heteroatoms. The van der Waals surface area contributed by atoms with Crippen molar-refractivity contribution < 1.29 is 13.5 Å². The van der Waals surface area contributed by atoms with Crippen LogP contribution in [-0.2, 0) is 6.42 Å². The van der Waals surface area contributed by atoms with Gasteiger partial charge in [0.15, 0.2) is 17.5 Å². The molecule has 0 fully saturated rings. The number of rotatable bonds is 7. The highest BCUT2D eigenvalue weighted by Crippen LogP contribution is 2.17. The van der Waals surface area contributed by atoms with Crippen LogP contribution in [-0.4, -0.2) is 37.7 Å². The Labute approximate surface area is 169 Å². The third kappa shape index (κ3) is 7.51. The maximum absolute atomic E-state index is 13.4. The lowest BCUT2D eigenvalue weighted by Gasteiger charge is -2.13. The molecule has 2 aromatic rings. The number of ether oxygens (including phenoxy) is 1. The Balaban J connectivity index is 0.00000338. The number of hydrogen-bond donors (Lipinski definition) is 2. The maximum atomic E-state index is 13.4. The number of pyridine rings is 1. The van der Waals surface area contributed by atoms with Crippen molar-refractivity contribution in [3.8, 4) is 5.75 Å². The van der Waals surface area contributed by atoms with Crippen molar-refractivity contribution in [2.75, 3.05) is 26.7 Å². The average Bonchev–Trinajstić information content (AvgIpc) is 2.60. The lowest BCUT2D eigenvalue weighted by Crippen LogP contribution is -2.40. The van der Waals surface area contributed by atoms with Gasteiger partial charge in [-0.25, -0.2) is 8.78 Å². The number of nitrogens with one attached hydrogen (secondary N) is 2. The van der Waals surface area contributed by atoms with Gasteiger partial charge in [-0.15, -0.1) is 24.0 Å². The number of guanidine groups is 1. The van der Waals surface area contributed by atoms with E-state index in [1.807, 2.05) is 25.3 Å². The zero-order valence-corrected chi connectivity index (χ0v) is 17.1. The van der Waals surface area contributed by atoms with Crippen LogP contribution in [0.4, 0.5) is 8.78 Å². The van der Waals surface area contributed by atoms with Gasteiger partial charge in [-0.1, -0.05) is 6.07 Å². The van der Waals surface area contributed by atoms with Crippen molar-refractivity contribution >= 4 is 29.9 Å². The largest absolute Gasteiger partial charge is 0.489 e. The van der Waals surface area contributed by atoms with Crippen LogP contribution < -0.4 is 15.4 Å². The van der Waals surface area contributed by atoms with Gasteiger partial charge in [-0.05, 0) is 37.1 Å². The molecule has 0 aliphatic heterocycles. The summed E-state index contributed by atoms with van der Waals surface area (Å²) in [6.45, 7) is 3.32. The Morgan fingerprint density at radius 3 is 2.58 bits per heavy atom. The zero-order valence-electron chi connectivity index (χ0n) is 14.8. The first-order valence-electron chi connectivity index (χ1n) is 8.02. The third-order valence-electron chi connectivity index (χ3n) is 3.45. The number of halogens is 3. The van der Waals surface area contributed by atoms with Crippen LogP contribution in [0.15, 0.2) is 41.5 Å². The summed E-state index contributed by atoms with van der Waals surface area (Å²) in [6.07, 6.45) is 2.68. The summed E-state index contributed by atoms with van der Waals surface area (Å²) in [5, 5.41) is 6.25. The number of aromatic nitrogens is 1. The van der Waals surface area contributed by atoms with Crippen LogP contribution in [0.25, 0.3) is 0 Å². The Bertz CT molecular complexity index is 711. The summed E-state index contributed by atoms with van der Waals surface area (Å²) in [5.74, 6) is -0.688. The molecule has 0 amide bonds. The molecule has 26 heavy (non-hydrogen) atoms. The fraction of sp³-hybridized carbons (Fsp3) is 0.333. The second-order valence-electron chi connectivity index (χ2n) is 5.41. The summed E-state index contributed by atoms with van der Waals surface area (Å²) in [7, 11) is 1.67. The van der Waals surface area contributed by atoms with Gasteiger partial charge in [-0.2, -0.15) is 0 Å². The van der Waals surface area contributed by atoms with E-state index in [1.54, 1.807) is 7.05 Å². The molecule has 0 saturated carbocycles. The predicted octanol–water partition coefficient (Wildman–Crippen LogP) is 3.07. The molecular weight excluding hydrogens is 453 g/mol. The summed E-state index contributed by atoms with van der Waals surface area (Å²) in [4.78, 5) is 8.36. The van der Waals surface area contributed by atoms with Gasteiger partial charge in [0.1, 0.15) is 12.4 Å². The van der Waals surface area contributed by atoms with E-state index in [-0.39, 0.29) is 36.3 Å². The van der Waals surface area contributed by atoms with E-state index in [2.05, 4.69) is 20.6 Å². The first kappa shape index (κ1) is 22.1. The number of benzene rings is 1. The van der Waals surface area contributed by atoms with Gasteiger partial charge in [0.05, 0.1) is 6.54 Å². The molecule has 1 heterocycles. The Hall–Kier alpha value is -1.97. The molecule has 0 saturated heterocycles. The molecule has 0 aliphatic rings. The Morgan fingerprint density at radius 1 is 1.15 bits per heavy atom. The highest BCUT2D eigenvalue weighted by Gasteiger charge is 2.04. The fourth-order valence-electron chi connectivity index (χ4n) is 2.11. The molecule has 0 aliphatic carbocycles. The van der Waals surface area contributed by atoms with Gasteiger partial charge >= 0.3 is 0 Å². The molecule has 0 bridgehead atoms. The van der Waals surface area contributed by atoms with E-state index in [0.29, 0.717) is 19.0 Å². The lowest BCUT2D eigenvalue weighted by atomic mass is 10.2. The second kappa shape index (κ2) is 11.6. The van der Waals surface area contributed by atoms with E-state index >= 15 is 0 Å². The van der Waals surface area contributed by atoms with E-state index in [4.69, 9.17) is 4.74 Å². The molecule has 0 spiro atoms. The molecular formula is C18H23F2IN4O. The van der Waals surface area contributed by atoms with Crippen molar-refractivity contribution in [2.45, 2.75) is 13.3 Å². The average molecular weight is 476 g/mol. The number of aliphatic imine (C=N–C) groups is 1. The molecule has 0 unspecified atom stereocenters. The number of aryl methyl sites for hydroxylation is 1. The minimum Gasteiger partial charge on any atom is -0.489 e. The molecule has 0 atom stereocenters. The van der Waals surface area contributed by atoms with Gasteiger partial charge in [-0.3, -0.25) is 9.98 Å². The van der Waals surface area contributed by atoms with E-state index < -0.39 is 11.6 Å². The number of nitrogens with zero attached hydrogens (tertiary/aromatic N) is 2. The van der Waals surface area contributed by atoms with Gasteiger partial charge in [0.2, 0.25) is 0 Å². The van der Waals surface area contributed by atoms with Crippen LogP contribution in [0.1, 0.15) is 11.3 Å². The van der Waals surface area contributed by atoms with Crippen LogP contribution in [0, 0.1) is 18.6 Å². The fourth-order valence-corrected chi connectivity index (χ4v) is 2.11. The van der Waals surface area contributed by atoms with Crippen molar-refractivity contribution in [3.05, 3.63) is 59.4 Å². The molecule has 2 N–H and O–H groups in total. The highest BCUT2D eigenvalue weighted by atomic mass is 127. The first-order valence-corrected chi connectivity index (χ1v) is 8.02. The molecule has 5 nitrogen and oxygen atoms in total. The van der Waals surface area contributed by atoms with E-state index in [0.717, 1.165) is 29.8 Å². The van der Waals surface area contributed by atoms with E-state index in [9.17, 15) is 8.78 Å². The molecule has 0 radical (unpaired) electrons. The predicted molar refractivity (Wildman–Crippen MR) is 109 cm³/mol. The van der Waals surface area contributed by atoms with Gasteiger partial charge < -0.3 is 15.4 Å². The van der Waals surface area contributed by atoms with Gasteiger partial charge in [0.25, 0.3) is 0 Å². The summed E-state index contributed by atoms with van der Waals surface area (Å²) in [5.41, 5.74) is 2.13. The molecule has 1 aromatic heterocycles. The minimum atomic E-state index is -0.714. The minimum absolute atomic E-state index is 0. The van der Waals surface area contributed by atoms with Crippen LogP contribution in [0.5, 0.6) is 5.75 Å². The molecule has 2 rings (SSSR count). The van der Waals surface area contributed by atoms with Crippen molar-refractivity contribution in [3.63, 3.8) is 0 Å². The summed E-state index contributed by atoms with van der Waals surface area (Å²) >= 11 is 0. The quantitative estimate of drug-likeness (QED) is 0.279. The number of hydrogen-bond acceptors (Lipinski definition) is 3. The van der Waals surface area contributed by atoms with Crippen molar-refractivity contribution in [2.24, 2.45) is 4.99 Å². The van der Waals surface area contributed by atoms with Crippen LogP contribution in [0.2, 0.25) is 0 Å². The summed E-state index contributed by atoms with van der Waals surface area (Å²) in [6, 6.07) is 7.25. The Kier molecular flexibility index (Phi) is 9.85. The third-order valence-corrected chi connectivity index (χ3v) is 3.45. The monoisotopic (exact) mass is 476 g/mol. The normalized spacial score (nSPS) is 10.8. The van der Waals surface area contributed by atoms with Crippen molar-refractivity contribution in [1.82, 2.24) is 15.6 Å². The van der Waals surface area contributed by atoms with Gasteiger partial charge in [0, 0.05) is 31.5 Å².